The molecule has 15 heavy (non-hydrogen) atoms. The smallest absolute Gasteiger partial charge is 0.0424 e. The molecule has 0 aliphatic rings. The van der Waals surface area contributed by atoms with Crippen molar-refractivity contribution >= 4 is 8.80 Å². The summed E-state index contributed by atoms with van der Waals surface area (Å²) in [5.74, 6) is 1.73. The Morgan fingerprint density at radius 2 is 1.20 bits per heavy atom. The average Bonchev–Trinajstić information content (AvgIpc) is 2.01. The van der Waals surface area contributed by atoms with Gasteiger partial charge in [0.25, 0.3) is 0 Å². The van der Waals surface area contributed by atoms with Crippen molar-refractivity contribution in [1.82, 2.24) is 0 Å². The summed E-state index contributed by atoms with van der Waals surface area (Å²) in [4.78, 5) is 0. The summed E-state index contributed by atoms with van der Waals surface area (Å²) in [7, 11) is -0.534. The van der Waals surface area contributed by atoms with Gasteiger partial charge in [-0.2, -0.15) is 0 Å². The molecule has 0 aromatic carbocycles. The van der Waals surface area contributed by atoms with Gasteiger partial charge in [-0.3, -0.25) is 0 Å². The quantitative estimate of drug-likeness (QED) is 0.531. The van der Waals surface area contributed by atoms with E-state index < -0.39 is 8.80 Å². The van der Waals surface area contributed by atoms with Crippen molar-refractivity contribution in [1.29, 1.82) is 0 Å². The third-order valence-corrected chi connectivity index (χ3v) is 8.13. The molecule has 0 atom stereocenters. The van der Waals surface area contributed by atoms with Gasteiger partial charge in [0.15, 0.2) is 0 Å². The number of hydrogen-bond acceptors (Lipinski definition) is 0. The highest BCUT2D eigenvalue weighted by Crippen LogP contribution is 2.45. The zero-order valence-corrected chi connectivity index (χ0v) is 13.2. The molecule has 0 bridgehead atoms. The molecule has 0 amide bonds. The molecule has 92 valence electrons. The van der Waals surface area contributed by atoms with E-state index >= 15 is 0 Å². The van der Waals surface area contributed by atoms with Gasteiger partial charge in [-0.25, -0.2) is 0 Å². The Morgan fingerprint density at radius 3 is 1.40 bits per heavy atom. The van der Waals surface area contributed by atoms with Gasteiger partial charge in [0.2, 0.25) is 0 Å². The standard InChI is InChI=1S/C14H32Si/c1-8-15(9-2)14(7,10-12(3)4)11-13(5)6/h12-13,15H,8-11H2,1-7H3. The van der Waals surface area contributed by atoms with Crippen molar-refractivity contribution in [2.24, 2.45) is 11.8 Å². The van der Waals surface area contributed by atoms with Crippen LogP contribution in [0.15, 0.2) is 0 Å². The lowest BCUT2D eigenvalue weighted by Gasteiger charge is -2.39. The molecule has 0 spiro atoms. The average molecular weight is 228 g/mol. The van der Waals surface area contributed by atoms with E-state index in [1.807, 2.05) is 0 Å². The third kappa shape index (κ3) is 5.19. The van der Waals surface area contributed by atoms with Gasteiger partial charge in [0.05, 0.1) is 0 Å². The van der Waals surface area contributed by atoms with E-state index in [4.69, 9.17) is 0 Å². The fourth-order valence-electron chi connectivity index (χ4n) is 3.56. The fraction of sp³-hybridized carbons (Fsp3) is 1.00. The summed E-state index contributed by atoms with van der Waals surface area (Å²) in [6, 6.07) is 2.96. The molecule has 0 saturated heterocycles. The molecular formula is C14H32Si. The van der Waals surface area contributed by atoms with Crippen LogP contribution in [0.25, 0.3) is 0 Å². The maximum absolute atomic E-state index is 2.58. The predicted molar refractivity (Wildman–Crippen MR) is 75.4 cm³/mol. The van der Waals surface area contributed by atoms with E-state index in [1.165, 1.54) is 24.9 Å². The minimum absolute atomic E-state index is 0.534. The Kier molecular flexibility index (Phi) is 6.82. The molecule has 0 N–H and O–H groups in total. The summed E-state index contributed by atoms with van der Waals surface area (Å²) in [6.07, 6.45) is 2.90. The van der Waals surface area contributed by atoms with Crippen molar-refractivity contribution in [3.8, 4) is 0 Å². The van der Waals surface area contributed by atoms with Crippen LogP contribution in [0.1, 0.15) is 61.3 Å². The molecule has 0 unspecified atom stereocenters. The maximum Gasteiger partial charge on any atom is 0.0424 e. The van der Waals surface area contributed by atoms with Gasteiger partial charge in [-0.05, 0) is 29.7 Å². The van der Waals surface area contributed by atoms with Gasteiger partial charge in [0, 0.05) is 8.80 Å². The first kappa shape index (κ1) is 15.2. The van der Waals surface area contributed by atoms with Gasteiger partial charge < -0.3 is 0 Å². The maximum atomic E-state index is 2.58. The van der Waals surface area contributed by atoms with Crippen LogP contribution in [-0.4, -0.2) is 8.80 Å². The van der Waals surface area contributed by atoms with E-state index in [0.29, 0.717) is 5.04 Å². The Morgan fingerprint density at radius 1 is 0.867 bits per heavy atom. The van der Waals surface area contributed by atoms with E-state index in [9.17, 15) is 0 Å². The van der Waals surface area contributed by atoms with Crippen molar-refractivity contribution in [3.05, 3.63) is 0 Å². The molecule has 0 aliphatic carbocycles. The van der Waals surface area contributed by atoms with Crippen LogP contribution in [0.4, 0.5) is 0 Å². The topological polar surface area (TPSA) is 0 Å². The highest BCUT2D eigenvalue weighted by molar-refractivity contribution is 6.62. The van der Waals surface area contributed by atoms with Crippen molar-refractivity contribution in [2.45, 2.75) is 78.4 Å². The molecule has 0 aromatic heterocycles. The SMILES string of the molecule is CC[SiH](CC)C(C)(CC(C)C)CC(C)C. The van der Waals surface area contributed by atoms with Crippen LogP contribution in [0, 0.1) is 11.8 Å². The van der Waals surface area contributed by atoms with Crippen molar-refractivity contribution < 1.29 is 0 Å². The fourth-order valence-corrected chi connectivity index (χ4v) is 7.71. The minimum Gasteiger partial charge on any atom is -0.0680 e. The molecule has 0 heterocycles. The molecule has 0 aromatic rings. The van der Waals surface area contributed by atoms with Crippen LogP contribution in [0.2, 0.25) is 17.1 Å². The Balaban J connectivity index is 4.65. The lowest BCUT2D eigenvalue weighted by Crippen LogP contribution is -2.31. The molecular weight excluding hydrogens is 196 g/mol. The van der Waals surface area contributed by atoms with Gasteiger partial charge in [-0.15, -0.1) is 0 Å². The molecule has 1 heteroatoms. The van der Waals surface area contributed by atoms with Crippen LogP contribution >= 0.6 is 0 Å². The first-order valence-electron chi connectivity index (χ1n) is 6.85. The second kappa shape index (κ2) is 6.73. The summed E-state index contributed by atoms with van der Waals surface area (Å²) in [5.41, 5.74) is 0. The van der Waals surface area contributed by atoms with Crippen LogP contribution in [-0.2, 0) is 0 Å². The Hall–Kier alpha value is 0.217. The van der Waals surface area contributed by atoms with Crippen LogP contribution in [0.3, 0.4) is 0 Å². The van der Waals surface area contributed by atoms with E-state index in [0.717, 1.165) is 11.8 Å². The zero-order valence-electron chi connectivity index (χ0n) is 12.1. The molecule has 0 nitrogen and oxygen atoms in total. The second-order valence-corrected chi connectivity index (χ2v) is 10.8. The molecule has 0 saturated carbocycles. The normalized spacial score (nSPS) is 13.2. The van der Waals surface area contributed by atoms with Gasteiger partial charge in [-0.1, -0.05) is 60.6 Å². The molecule has 0 aliphatic heterocycles. The highest BCUT2D eigenvalue weighted by atomic mass is 28.3. The lowest BCUT2D eigenvalue weighted by atomic mass is 9.90. The predicted octanol–water partition coefficient (Wildman–Crippen LogP) is 5.11. The van der Waals surface area contributed by atoms with E-state index in [1.54, 1.807) is 0 Å². The monoisotopic (exact) mass is 228 g/mol. The summed E-state index contributed by atoms with van der Waals surface area (Å²) >= 11 is 0. The largest absolute Gasteiger partial charge is 0.0680 e. The second-order valence-electron chi connectivity index (χ2n) is 6.36. The lowest BCUT2D eigenvalue weighted by molar-refractivity contribution is 0.375. The van der Waals surface area contributed by atoms with E-state index in [-0.39, 0.29) is 0 Å². The minimum atomic E-state index is -0.534. The molecule has 0 rings (SSSR count). The molecule has 0 radical (unpaired) electrons. The Labute approximate surface area is 99.5 Å². The Bertz CT molecular complexity index is 147. The summed E-state index contributed by atoms with van der Waals surface area (Å²) in [6.45, 7) is 16.9. The van der Waals surface area contributed by atoms with Crippen LogP contribution < -0.4 is 0 Å². The summed E-state index contributed by atoms with van der Waals surface area (Å²) < 4.78 is 0. The van der Waals surface area contributed by atoms with E-state index in [2.05, 4.69) is 48.5 Å². The van der Waals surface area contributed by atoms with Gasteiger partial charge in [0.1, 0.15) is 0 Å². The zero-order chi connectivity index (χ0) is 12.1. The highest BCUT2D eigenvalue weighted by Gasteiger charge is 2.33. The molecule has 0 fully saturated rings. The van der Waals surface area contributed by atoms with Crippen molar-refractivity contribution in [2.75, 3.05) is 0 Å². The number of hydrogen-bond donors (Lipinski definition) is 0. The van der Waals surface area contributed by atoms with Gasteiger partial charge >= 0.3 is 0 Å². The number of rotatable bonds is 7. The first-order chi connectivity index (χ1) is 6.85. The van der Waals surface area contributed by atoms with Crippen molar-refractivity contribution in [3.63, 3.8) is 0 Å². The summed E-state index contributed by atoms with van der Waals surface area (Å²) in [5, 5.41) is 0.700. The first-order valence-corrected chi connectivity index (χ1v) is 9.06. The van der Waals surface area contributed by atoms with Crippen LogP contribution in [0.5, 0.6) is 0 Å². The third-order valence-electron chi connectivity index (χ3n) is 3.72.